The number of carbonyl (C=O) groups is 1. The maximum atomic E-state index is 12.7. The number of rotatable bonds is 2. The molecule has 2 aliphatic rings. The minimum Gasteiger partial charge on any atom is -0.342 e. The van der Waals surface area contributed by atoms with Gasteiger partial charge in [-0.25, -0.2) is 0 Å². The standard InChI is InChI=1S/C17H24N2O.ClH/c1-19(17(20)14-7-4-8-15(18)9-14)16-10-12-5-2-3-6-13(12)11-16;/h2-3,5-6,14-16H,4,7-11,18H2,1H3;1H. The first-order valence-electron chi connectivity index (χ1n) is 7.74. The van der Waals surface area contributed by atoms with Crippen LogP contribution in [0.5, 0.6) is 0 Å². The lowest BCUT2D eigenvalue weighted by Crippen LogP contribution is -2.44. The molecule has 0 saturated heterocycles. The average Bonchev–Trinajstić information content (AvgIpc) is 2.89. The van der Waals surface area contributed by atoms with Crippen molar-refractivity contribution >= 4 is 18.3 Å². The number of nitrogens with zero attached hydrogens (tertiary/aromatic N) is 1. The van der Waals surface area contributed by atoms with Crippen LogP contribution >= 0.6 is 12.4 Å². The highest BCUT2D eigenvalue weighted by Crippen LogP contribution is 2.29. The SMILES string of the molecule is CN(C(=O)C1CCCC(N)C1)C1Cc2ccccc2C1.Cl. The second kappa shape index (κ2) is 6.80. The summed E-state index contributed by atoms with van der Waals surface area (Å²) in [6.45, 7) is 0. The van der Waals surface area contributed by atoms with Crippen LogP contribution in [-0.2, 0) is 17.6 Å². The van der Waals surface area contributed by atoms with Gasteiger partial charge in [0.1, 0.15) is 0 Å². The molecule has 0 heterocycles. The van der Waals surface area contributed by atoms with E-state index in [9.17, 15) is 4.79 Å². The van der Waals surface area contributed by atoms with Crippen LogP contribution < -0.4 is 5.73 Å². The van der Waals surface area contributed by atoms with Crippen molar-refractivity contribution in [1.82, 2.24) is 4.90 Å². The van der Waals surface area contributed by atoms with E-state index >= 15 is 0 Å². The van der Waals surface area contributed by atoms with Crippen molar-refractivity contribution in [3.63, 3.8) is 0 Å². The molecule has 2 unspecified atom stereocenters. The molecule has 2 atom stereocenters. The number of fused-ring (bicyclic) bond motifs is 1. The monoisotopic (exact) mass is 308 g/mol. The number of nitrogens with two attached hydrogens (primary N) is 1. The van der Waals surface area contributed by atoms with E-state index in [1.165, 1.54) is 11.1 Å². The van der Waals surface area contributed by atoms with Gasteiger partial charge in [-0.2, -0.15) is 0 Å². The van der Waals surface area contributed by atoms with Crippen LogP contribution in [0.3, 0.4) is 0 Å². The van der Waals surface area contributed by atoms with Crippen LogP contribution in [0.15, 0.2) is 24.3 Å². The highest BCUT2D eigenvalue weighted by atomic mass is 35.5. The van der Waals surface area contributed by atoms with E-state index in [-0.39, 0.29) is 24.4 Å². The van der Waals surface area contributed by atoms with E-state index in [4.69, 9.17) is 5.73 Å². The third kappa shape index (κ3) is 3.41. The van der Waals surface area contributed by atoms with Crippen LogP contribution in [0, 0.1) is 5.92 Å². The molecule has 0 radical (unpaired) electrons. The Kier molecular flexibility index (Phi) is 5.28. The van der Waals surface area contributed by atoms with Crippen LogP contribution in [0.2, 0.25) is 0 Å². The summed E-state index contributed by atoms with van der Waals surface area (Å²) in [7, 11) is 1.97. The van der Waals surface area contributed by atoms with Gasteiger partial charge in [0.15, 0.2) is 0 Å². The Hall–Kier alpha value is -1.06. The van der Waals surface area contributed by atoms with E-state index in [0.717, 1.165) is 38.5 Å². The first-order valence-corrected chi connectivity index (χ1v) is 7.74. The van der Waals surface area contributed by atoms with Crippen molar-refractivity contribution < 1.29 is 4.79 Å². The molecule has 0 aromatic heterocycles. The molecule has 1 fully saturated rings. The lowest BCUT2D eigenvalue weighted by molar-refractivity contribution is -0.137. The molecule has 4 heteroatoms. The number of carbonyl (C=O) groups excluding carboxylic acids is 1. The Balaban J connectivity index is 0.00000161. The fraction of sp³-hybridized carbons (Fsp3) is 0.588. The molecule has 1 aromatic carbocycles. The van der Waals surface area contributed by atoms with Crippen LogP contribution in [0.1, 0.15) is 36.8 Å². The molecular formula is C17H25ClN2O. The predicted octanol–water partition coefficient (Wildman–Crippen LogP) is 2.55. The molecule has 1 aromatic rings. The first-order chi connectivity index (χ1) is 9.65. The Labute approximate surface area is 133 Å². The summed E-state index contributed by atoms with van der Waals surface area (Å²) in [5.74, 6) is 0.449. The van der Waals surface area contributed by atoms with Crippen molar-refractivity contribution in [1.29, 1.82) is 0 Å². The average molecular weight is 309 g/mol. The van der Waals surface area contributed by atoms with Gasteiger partial charge in [0, 0.05) is 25.0 Å². The lowest BCUT2D eigenvalue weighted by Gasteiger charge is -2.32. The van der Waals surface area contributed by atoms with E-state index in [1.807, 2.05) is 11.9 Å². The third-order valence-corrected chi connectivity index (χ3v) is 4.99. The number of hydrogen-bond acceptors (Lipinski definition) is 2. The molecule has 2 N–H and O–H groups in total. The van der Waals surface area contributed by atoms with Gasteiger partial charge in [-0.3, -0.25) is 4.79 Å². The largest absolute Gasteiger partial charge is 0.342 e. The molecule has 2 aliphatic carbocycles. The zero-order chi connectivity index (χ0) is 14.1. The van der Waals surface area contributed by atoms with Crippen LogP contribution in [-0.4, -0.2) is 29.9 Å². The first kappa shape index (κ1) is 16.3. The van der Waals surface area contributed by atoms with Crippen LogP contribution in [0.4, 0.5) is 0 Å². The summed E-state index contributed by atoms with van der Waals surface area (Å²) in [6.07, 6.45) is 6.03. The summed E-state index contributed by atoms with van der Waals surface area (Å²) in [4.78, 5) is 14.6. The van der Waals surface area contributed by atoms with Gasteiger partial charge in [0.05, 0.1) is 0 Å². The molecule has 1 amide bonds. The highest BCUT2D eigenvalue weighted by molar-refractivity contribution is 5.85. The molecule has 0 aliphatic heterocycles. The fourth-order valence-corrected chi connectivity index (χ4v) is 3.73. The van der Waals surface area contributed by atoms with Crippen LogP contribution in [0.25, 0.3) is 0 Å². The normalized spacial score (nSPS) is 25.0. The highest BCUT2D eigenvalue weighted by Gasteiger charge is 2.32. The predicted molar refractivity (Wildman–Crippen MR) is 87.6 cm³/mol. The van der Waals surface area contributed by atoms with E-state index < -0.39 is 0 Å². The molecule has 21 heavy (non-hydrogen) atoms. The zero-order valence-corrected chi connectivity index (χ0v) is 13.4. The molecule has 0 spiro atoms. The number of halogens is 1. The number of amides is 1. The van der Waals surface area contributed by atoms with Gasteiger partial charge in [0.2, 0.25) is 5.91 Å². The van der Waals surface area contributed by atoms with Crippen molar-refractivity contribution in [3.05, 3.63) is 35.4 Å². The third-order valence-electron chi connectivity index (χ3n) is 4.99. The maximum Gasteiger partial charge on any atom is 0.225 e. The lowest BCUT2D eigenvalue weighted by atomic mass is 9.85. The fourth-order valence-electron chi connectivity index (χ4n) is 3.73. The van der Waals surface area contributed by atoms with Crippen molar-refractivity contribution in [2.24, 2.45) is 11.7 Å². The van der Waals surface area contributed by atoms with Gasteiger partial charge in [0.25, 0.3) is 0 Å². The second-order valence-corrected chi connectivity index (χ2v) is 6.40. The summed E-state index contributed by atoms with van der Waals surface area (Å²) in [6, 6.07) is 9.09. The summed E-state index contributed by atoms with van der Waals surface area (Å²) in [5.41, 5.74) is 8.82. The zero-order valence-electron chi connectivity index (χ0n) is 12.6. The minimum absolute atomic E-state index is 0. The van der Waals surface area contributed by atoms with Gasteiger partial charge in [-0.05, 0) is 43.2 Å². The van der Waals surface area contributed by atoms with E-state index in [0.29, 0.717) is 11.9 Å². The van der Waals surface area contributed by atoms with Gasteiger partial charge >= 0.3 is 0 Å². The van der Waals surface area contributed by atoms with Gasteiger partial charge < -0.3 is 10.6 Å². The molecule has 3 rings (SSSR count). The van der Waals surface area contributed by atoms with E-state index in [2.05, 4.69) is 24.3 Å². The maximum absolute atomic E-state index is 12.7. The van der Waals surface area contributed by atoms with Crippen molar-refractivity contribution in [3.8, 4) is 0 Å². The Morgan fingerprint density at radius 2 is 1.81 bits per heavy atom. The molecule has 3 nitrogen and oxygen atoms in total. The smallest absolute Gasteiger partial charge is 0.225 e. The minimum atomic E-state index is 0. The molecule has 116 valence electrons. The van der Waals surface area contributed by atoms with Crippen molar-refractivity contribution in [2.45, 2.75) is 50.6 Å². The van der Waals surface area contributed by atoms with Gasteiger partial charge in [-0.15, -0.1) is 12.4 Å². The number of benzene rings is 1. The molecule has 0 bridgehead atoms. The molecular weight excluding hydrogens is 284 g/mol. The topological polar surface area (TPSA) is 46.3 Å². The Morgan fingerprint density at radius 3 is 2.38 bits per heavy atom. The van der Waals surface area contributed by atoms with E-state index in [1.54, 1.807) is 0 Å². The van der Waals surface area contributed by atoms with Gasteiger partial charge in [-0.1, -0.05) is 30.7 Å². The molecule has 1 saturated carbocycles. The number of hydrogen-bond donors (Lipinski definition) is 1. The number of likely N-dealkylation sites (N-methyl/N-ethyl adjacent to an activating group) is 1. The summed E-state index contributed by atoms with van der Waals surface area (Å²) >= 11 is 0. The Morgan fingerprint density at radius 1 is 1.19 bits per heavy atom. The Bertz CT molecular complexity index is 480. The summed E-state index contributed by atoms with van der Waals surface area (Å²) < 4.78 is 0. The second-order valence-electron chi connectivity index (χ2n) is 6.40. The quantitative estimate of drug-likeness (QED) is 0.912. The van der Waals surface area contributed by atoms with Crippen molar-refractivity contribution in [2.75, 3.05) is 7.05 Å². The summed E-state index contributed by atoms with van der Waals surface area (Å²) in [5, 5.41) is 0.